The quantitative estimate of drug-likeness (QED) is 0.309. The third kappa shape index (κ3) is 5.55. The molecule has 0 amide bonds. The molecule has 168 valence electrons. The summed E-state index contributed by atoms with van der Waals surface area (Å²) in [5, 5.41) is 5.18. The average molecular weight is 521 g/mol. The predicted molar refractivity (Wildman–Crippen MR) is 129 cm³/mol. The van der Waals surface area contributed by atoms with E-state index in [1.807, 2.05) is 19.1 Å². The summed E-state index contributed by atoms with van der Waals surface area (Å²) in [6, 6.07) is 10.4. The van der Waals surface area contributed by atoms with Crippen LogP contribution < -0.4 is 10.3 Å². The number of nitrogens with zero attached hydrogens (tertiary/aromatic N) is 3. The molecule has 1 heterocycles. The van der Waals surface area contributed by atoms with Gasteiger partial charge in [0.1, 0.15) is 11.6 Å². The van der Waals surface area contributed by atoms with Crippen molar-refractivity contribution in [2.24, 2.45) is 5.10 Å². The fraction of sp³-hybridized carbons (Fsp3) is 0.304. The number of rotatable bonds is 8. The average Bonchev–Trinajstić information content (AvgIpc) is 2.76. The maximum Gasteiger partial charge on any atom is 0.347 e. The van der Waals surface area contributed by atoms with E-state index in [2.05, 4.69) is 26.0 Å². The van der Waals surface area contributed by atoms with Gasteiger partial charge in [-0.1, -0.05) is 34.5 Å². The third-order valence-corrected chi connectivity index (χ3v) is 5.34. The van der Waals surface area contributed by atoms with E-state index >= 15 is 0 Å². The highest BCUT2D eigenvalue weighted by Crippen LogP contribution is 2.26. The van der Waals surface area contributed by atoms with E-state index in [0.717, 1.165) is 10.9 Å². The van der Waals surface area contributed by atoms with Gasteiger partial charge < -0.3 is 9.47 Å². The minimum absolute atomic E-state index is 0.245. The van der Waals surface area contributed by atoms with Gasteiger partial charge in [-0.05, 0) is 62.2 Å². The molecule has 3 aromatic rings. The number of ether oxygens (including phenoxy) is 2. The van der Waals surface area contributed by atoms with E-state index < -0.39 is 12.1 Å². The molecule has 0 saturated heterocycles. The second-order valence-corrected chi connectivity index (χ2v) is 8.33. The highest BCUT2D eigenvalue weighted by molar-refractivity contribution is 9.10. The molecule has 0 radical (unpaired) electrons. The fourth-order valence-corrected chi connectivity index (χ4v) is 3.61. The molecule has 0 fully saturated rings. The minimum atomic E-state index is -0.787. The summed E-state index contributed by atoms with van der Waals surface area (Å²) in [6.07, 6.45) is 2.18. The Morgan fingerprint density at radius 2 is 2.06 bits per heavy atom. The zero-order chi connectivity index (χ0) is 23.3. The number of esters is 1. The Bertz CT molecular complexity index is 1230. The van der Waals surface area contributed by atoms with Crippen LogP contribution in [0.4, 0.5) is 0 Å². The topological polar surface area (TPSA) is 82.8 Å². The maximum absolute atomic E-state index is 13.1. The largest absolute Gasteiger partial charge is 0.477 e. The molecule has 9 heteroatoms. The van der Waals surface area contributed by atoms with Gasteiger partial charge >= 0.3 is 5.97 Å². The van der Waals surface area contributed by atoms with Gasteiger partial charge in [0.2, 0.25) is 0 Å². The molecule has 0 aliphatic rings. The van der Waals surface area contributed by atoms with Crippen molar-refractivity contribution in [3.63, 3.8) is 0 Å². The first-order chi connectivity index (χ1) is 15.3. The van der Waals surface area contributed by atoms with Gasteiger partial charge in [-0.3, -0.25) is 4.79 Å². The van der Waals surface area contributed by atoms with Crippen LogP contribution in [0.2, 0.25) is 5.02 Å². The summed E-state index contributed by atoms with van der Waals surface area (Å²) in [4.78, 5) is 29.4. The van der Waals surface area contributed by atoms with Crippen LogP contribution in [0.25, 0.3) is 10.9 Å². The predicted octanol–water partition coefficient (Wildman–Crippen LogP) is 4.98. The zero-order valence-corrected chi connectivity index (χ0v) is 20.3. The highest BCUT2D eigenvalue weighted by Gasteiger charge is 2.17. The molecule has 0 aliphatic heterocycles. The Hall–Kier alpha value is -2.71. The summed E-state index contributed by atoms with van der Waals surface area (Å²) >= 11 is 9.72. The number of carbonyl (C=O) groups is 1. The summed E-state index contributed by atoms with van der Waals surface area (Å²) < 4.78 is 12.6. The number of hydrogen-bond acceptors (Lipinski definition) is 6. The van der Waals surface area contributed by atoms with Crippen LogP contribution in [0.5, 0.6) is 5.75 Å². The normalized spacial score (nSPS) is 12.3. The highest BCUT2D eigenvalue weighted by atomic mass is 79.9. The SMILES string of the molecule is CCCc1nc2ccc(Br)cc2c(=O)n1N=Cc1ccc(O[C@H](C)C(=O)OCC)c(Cl)c1. The van der Waals surface area contributed by atoms with Crippen molar-refractivity contribution in [2.75, 3.05) is 6.61 Å². The van der Waals surface area contributed by atoms with E-state index in [1.54, 1.807) is 38.1 Å². The first-order valence-electron chi connectivity index (χ1n) is 10.2. The van der Waals surface area contributed by atoms with Crippen LogP contribution in [0.3, 0.4) is 0 Å². The second kappa shape index (κ2) is 10.7. The lowest BCUT2D eigenvalue weighted by Gasteiger charge is -2.14. The van der Waals surface area contributed by atoms with Crippen molar-refractivity contribution in [1.29, 1.82) is 0 Å². The summed E-state index contributed by atoms with van der Waals surface area (Å²) in [6.45, 7) is 5.61. The Kier molecular flexibility index (Phi) is 8.04. The van der Waals surface area contributed by atoms with Crippen LogP contribution >= 0.6 is 27.5 Å². The Balaban J connectivity index is 1.91. The van der Waals surface area contributed by atoms with Crippen molar-refractivity contribution >= 4 is 50.6 Å². The van der Waals surface area contributed by atoms with Gasteiger partial charge in [-0.25, -0.2) is 9.78 Å². The lowest BCUT2D eigenvalue weighted by Crippen LogP contribution is -2.26. The second-order valence-electron chi connectivity index (χ2n) is 7.00. The van der Waals surface area contributed by atoms with E-state index in [1.165, 1.54) is 10.9 Å². The smallest absolute Gasteiger partial charge is 0.347 e. The molecule has 0 saturated carbocycles. The molecule has 2 aromatic carbocycles. The molecule has 3 rings (SSSR count). The van der Waals surface area contributed by atoms with Crippen molar-refractivity contribution in [1.82, 2.24) is 9.66 Å². The van der Waals surface area contributed by atoms with Gasteiger partial charge in [0.25, 0.3) is 5.56 Å². The van der Waals surface area contributed by atoms with Crippen molar-refractivity contribution in [3.05, 3.63) is 67.6 Å². The number of aromatic nitrogens is 2. The van der Waals surface area contributed by atoms with E-state index in [4.69, 9.17) is 21.1 Å². The molecule has 32 heavy (non-hydrogen) atoms. The molecule has 0 spiro atoms. The molecular formula is C23H23BrClN3O4. The van der Waals surface area contributed by atoms with E-state index in [0.29, 0.717) is 39.5 Å². The zero-order valence-electron chi connectivity index (χ0n) is 18.0. The Morgan fingerprint density at radius 3 is 2.75 bits per heavy atom. The number of fused-ring (bicyclic) bond motifs is 1. The molecule has 0 N–H and O–H groups in total. The van der Waals surface area contributed by atoms with Gasteiger partial charge in [-0.2, -0.15) is 9.78 Å². The Morgan fingerprint density at radius 1 is 1.28 bits per heavy atom. The van der Waals surface area contributed by atoms with Gasteiger partial charge in [0.15, 0.2) is 6.10 Å². The van der Waals surface area contributed by atoms with Gasteiger partial charge in [0, 0.05) is 10.9 Å². The first kappa shape index (κ1) is 23.9. The molecule has 7 nitrogen and oxygen atoms in total. The monoisotopic (exact) mass is 519 g/mol. The first-order valence-corrected chi connectivity index (χ1v) is 11.4. The summed E-state index contributed by atoms with van der Waals surface area (Å²) in [5.41, 5.74) is 1.05. The standard InChI is InChI=1S/C23H23BrClN3O4/c1-4-6-21-27-19-9-8-16(24)12-17(19)22(29)28(21)26-13-15-7-10-20(18(25)11-15)32-14(3)23(30)31-5-2/h7-14H,4-6H2,1-3H3/t14-/m1/s1. The molecular weight excluding hydrogens is 498 g/mol. The lowest BCUT2D eigenvalue weighted by atomic mass is 10.2. The number of hydrogen-bond donors (Lipinski definition) is 0. The lowest BCUT2D eigenvalue weighted by molar-refractivity contribution is -0.150. The summed E-state index contributed by atoms with van der Waals surface area (Å²) in [5.74, 6) is 0.468. The molecule has 0 aliphatic carbocycles. The van der Waals surface area contributed by atoms with Crippen molar-refractivity contribution in [3.8, 4) is 5.75 Å². The molecule has 1 aromatic heterocycles. The molecule has 0 bridgehead atoms. The maximum atomic E-state index is 13.1. The summed E-state index contributed by atoms with van der Waals surface area (Å²) in [7, 11) is 0. The van der Waals surface area contributed by atoms with Crippen molar-refractivity contribution < 1.29 is 14.3 Å². The van der Waals surface area contributed by atoms with Gasteiger partial charge in [-0.15, -0.1) is 0 Å². The number of benzene rings is 2. The van der Waals surface area contributed by atoms with E-state index in [9.17, 15) is 9.59 Å². The minimum Gasteiger partial charge on any atom is -0.477 e. The van der Waals surface area contributed by atoms with Crippen LogP contribution in [0, 0.1) is 0 Å². The third-order valence-electron chi connectivity index (χ3n) is 4.55. The van der Waals surface area contributed by atoms with Gasteiger partial charge in [0.05, 0.1) is 28.7 Å². The fourth-order valence-electron chi connectivity index (χ4n) is 3.01. The number of aryl methyl sites for hydroxylation is 1. The molecule has 1 atom stereocenters. The van der Waals surface area contributed by atoms with Crippen LogP contribution in [0.15, 0.2) is 50.8 Å². The molecule has 0 unspecified atom stereocenters. The van der Waals surface area contributed by atoms with Crippen LogP contribution in [-0.2, 0) is 16.0 Å². The van der Waals surface area contributed by atoms with E-state index in [-0.39, 0.29) is 12.2 Å². The number of halogens is 2. The van der Waals surface area contributed by atoms with Crippen molar-refractivity contribution in [2.45, 2.75) is 39.7 Å². The number of carbonyl (C=O) groups excluding carboxylic acids is 1. The van der Waals surface area contributed by atoms with Crippen LogP contribution in [-0.4, -0.2) is 34.6 Å². The Labute approximate surface area is 199 Å². The van der Waals surface area contributed by atoms with Crippen LogP contribution in [0.1, 0.15) is 38.6 Å².